The van der Waals surface area contributed by atoms with Gasteiger partial charge < -0.3 is 14.8 Å². The maximum Gasteiger partial charge on any atom is 0.295 e. The molecule has 0 spiro atoms. The number of aromatic nitrogens is 4. The van der Waals surface area contributed by atoms with Crippen molar-refractivity contribution in [3.05, 3.63) is 47.5 Å². The van der Waals surface area contributed by atoms with E-state index in [1.165, 1.54) is 0 Å². The predicted octanol–water partition coefficient (Wildman–Crippen LogP) is 2.55. The number of ether oxygens (including phenoxy) is 2. The van der Waals surface area contributed by atoms with E-state index in [0.29, 0.717) is 23.8 Å². The predicted molar refractivity (Wildman–Crippen MR) is 99.1 cm³/mol. The molecule has 27 heavy (non-hydrogen) atoms. The Morgan fingerprint density at radius 3 is 3.04 bits per heavy atom. The fraction of sp³-hybridized carbons (Fsp3) is 0.368. The van der Waals surface area contributed by atoms with Crippen LogP contribution in [0.2, 0.25) is 0 Å². The molecule has 1 amide bonds. The number of benzene rings is 1. The van der Waals surface area contributed by atoms with E-state index in [1.807, 2.05) is 32.0 Å². The quantitative estimate of drug-likeness (QED) is 0.745. The minimum atomic E-state index is -0.411. The molecule has 8 heteroatoms. The van der Waals surface area contributed by atoms with E-state index in [0.717, 1.165) is 30.7 Å². The van der Waals surface area contributed by atoms with Crippen LogP contribution in [-0.2, 0) is 4.74 Å². The third kappa shape index (κ3) is 3.75. The zero-order chi connectivity index (χ0) is 18.8. The number of carbonyl (C=O) groups is 1. The molecule has 1 aliphatic heterocycles. The van der Waals surface area contributed by atoms with Gasteiger partial charge >= 0.3 is 0 Å². The van der Waals surface area contributed by atoms with Crippen LogP contribution < -0.4 is 10.1 Å². The Hall–Kier alpha value is -3.00. The summed E-state index contributed by atoms with van der Waals surface area (Å²) in [6, 6.07) is 7.43. The van der Waals surface area contributed by atoms with Gasteiger partial charge in [0, 0.05) is 18.5 Å². The van der Waals surface area contributed by atoms with Crippen LogP contribution in [0.15, 0.2) is 30.5 Å². The molecule has 4 rings (SSSR count). The molecule has 1 aromatic carbocycles. The summed E-state index contributed by atoms with van der Waals surface area (Å²) in [6.07, 6.45) is 3.78. The monoisotopic (exact) mass is 367 g/mol. The third-order valence-corrected chi connectivity index (χ3v) is 4.47. The van der Waals surface area contributed by atoms with Crippen molar-refractivity contribution in [3.63, 3.8) is 0 Å². The number of hydrogen-bond acceptors (Lipinski definition) is 6. The average Bonchev–Trinajstić information content (AvgIpc) is 3.32. The Labute approximate surface area is 156 Å². The van der Waals surface area contributed by atoms with Gasteiger partial charge in [-0.25, -0.2) is 9.50 Å². The number of carbonyl (C=O) groups excluding carboxylic acids is 1. The summed E-state index contributed by atoms with van der Waals surface area (Å²) < 4.78 is 13.1. The largest absolute Gasteiger partial charge is 0.489 e. The zero-order valence-electron chi connectivity index (χ0n) is 15.3. The molecule has 1 atom stereocenters. The molecule has 8 nitrogen and oxygen atoms in total. The molecule has 140 valence electrons. The topological polar surface area (TPSA) is 90.6 Å². The fourth-order valence-electron chi connectivity index (χ4n) is 2.99. The van der Waals surface area contributed by atoms with Crippen LogP contribution in [0, 0.1) is 13.8 Å². The molecule has 1 fully saturated rings. The molecular weight excluding hydrogens is 346 g/mol. The lowest BCUT2D eigenvalue weighted by Crippen LogP contribution is -2.18. The Morgan fingerprint density at radius 2 is 2.26 bits per heavy atom. The van der Waals surface area contributed by atoms with E-state index in [4.69, 9.17) is 9.47 Å². The van der Waals surface area contributed by atoms with Crippen molar-refractivity contribution in [1.82, 2.24) is 19.6 Å². The lowest BCUT2D eigenvalue weighted by Gasteiger charge is -2.15. The van der Waals surface area contributed by atoms with Crippen molar-refractivity contribution >= 4 is 17.4 Å². The first-order valence-electron chi connectivity index (χ1n) is 8.95. The molecule has 0 aliphatic carbocycles. The van der Waals surface area contributed by atoms with Crippen molar-refractivity contribution in [1.29, 1.82) is 0 Å². The van der Waals surface area contributed by atoms with Crippen LogP contribution in [0.5, 0.6) is 5.75 Å². The summed E-state index contributed by atoms with van der Waals surface area (Å²) in [7, 11) is 0. The fourth-order valence-corrected chi connectivity index (χ4v) is 2.99. The van der Waals surface area contributed by atoms with Gasteiger partial charge in [0.05, 0.1) is 11.8 Å². The van der Waals surface area contributed by atoms with Crippen molar-refractivity contribution in [3.8, 4) is 5.75 Å². The number of fused-ring (bicyclic) bond motifs is 1. The molecule has 3 heterocycles. The first-order valence-corrected chi connectivity index (χ1v) is 8.95. The van der Waals surface area contributed by atoms with E-state index in [1.54, 1.807) is 16.8 Å². The van der Waals surface area contributed by atoms with Gasteiger partial charge in [-0.05, 0) is 50.5 Å². The Kier molecular flexibility index (Phi) is 4.72. The highest BCUT2D eigenvalue weighted by molar-refractivity contribution is 6.02. The first-order chi connectivity index (χ1) is 13.1. The molecule has 0 bridgehead atoms. The Balaban J connectivity index is 1.53. The highest BCUT2D eigenvalue weighted by Crippen LogP contribution is 2.27. The van der Waals surface area contributed by atoms with E-state index in [-0.39, 0.29) is 11.9 Å². The second kappa shape index (κ2) is 7.32. The van der Waals surface area contributed by atoms with Gasteiger partial charge in [-0.3, -0.25) is 4.79 Å². The van der Waals surface area contributed by atoms with Gasteiger partial charge in [0.1, 0.15) is 12.4 Å². The van der Waals surface area contributed by atoms with E-state index < -0.39 is 5.91 Å². The number of aryl methyl sites for hydroxylation is 2. The van der Waals surface area contributed by atoms with Crippen molar-refractivity contribution < 1.29 is 14.3 Å². The summed E-state index contributed by atoms with van der Waals surface area (Å²) in [5.41, 5.74) is 2.47. The molecule has 1 N–H and O–H groups in total. The van der Waals surface area contributed by atoms with Crippen LogP contribution in [-0.4, -0.2) is 44.8 Å². The SMILES string of the molecule is Cc1ccc(NC(=O)c2nc3nccc(C)n3n2)c(OCC2CCCO2)c1. The van der Waals surface area contributed by atoms with Crippen LogP contribution in [0.4, 0.5) is 5.69 Å². The van der Waals surface area contributed by atoms with Crippen molar-refractivity contribution in [2.75, 3.05) is 18.5 Å². The molecule has 1 aliphatic rings. The maximum atomic E-state index is 12.6. The second-order valence-corrected chi connectivity index (χ2v) is 6.63. The van der Waals surface area contributed by atoms with Crippen LogP contribution >= 0.6 is 0 Å². The van der Waals surface area contributed by atoms with E-state index in [2.05, 4.69) is 20.4 Å². The highest BCUT2D eigenvalue weighted by Gasteiger charge is 2.19. The number of nitrogens with one attached hydrogen (secondary N) is 1. The summed E-state index contributed by atoms with van der Waals surface area (Å²) >= 11 is 0. The zero-order valence-corrected chi connectivity index (χ0v) is 15.3. The lowest BCUT2D eigenvalue weighted by molar-refractivity contribution is 0.0681. The molecule has 0 radical (unpaired) electrons. The molecule has 1 saturated heterocycles. The summed E-state index contributed by atoms with van der Waals surface area (Å²) in [6.45, 7) is 5.09. The van der Waals surface area contributed by atoms with Crippen LogP contribution in [0.3, 0.4) is 0 Å². The first kappa shape index (κ1) is 17.4. The number of hydrogen-bond donors (Lipinski definition) is 1. The third-order valence-electron chi connectivity index (χ3n) is 4.47. The highest BCUT2D eigenvalue weighted by atomic mass is 16.5. The minimum Gasteiger partial charge on any atom is -0.489 e. The number of rotatable bonds is 5. The Bertz CT molecular complexity index is 979. The van der Waals surface area contributed by atoms with Crippen molar-refractivity contribution in [2.24, 2.45) is 0 Å². The number of nitrogens with zero attached hydrogens (tertiary/aromatic N) is 4. The summed E-state index contributed by atoms with van der Waals surface area (Å²) in [5, 5.41) is 7.07. The average molecular weight is 367 g/mol. The smallest absolute Gasteiger partial charge is 0.295 e. The molecule has 1 unspecified atom stereocenters. The van der Waals surface area contributed by atoms with Gasteiger partial charge in [-0.1, -0.05) is 6.07 Å². The molecular formula is C19H21N5O3. The molecule has 3 aromatic rings. The Morgan fingerprint density at radius 1 is 1.37 bits per heavy atom. The second-order valence-electron chi connectivity index (χ2n) is 6.63. The maximum absolute atomic E-state index is 12.6. The normalized spacial score (nSPS) is 16.6. The molecule has 2 aromatic heterocycles. The van der Waals surface area contributed by atoms with Crippen LogP contribution in [0.1, 0.15) is 34.7 Å². The lowest BCUT2D eigenvalue weighted by atomic mass is 10.2. The van der Waals surface area contributed by atoms with E-state index in [9.17, 15) is 4.79 Å². The standard InChI is InChI=1S/C19H21N5O3/c1-12-5-6-15(16(10-12)27-11-14-4-3-9-26-14)21-18(25)17-22-19-20-8-7-13(2)24(19)23-17/h5-8,10,14H,3-4,9,11H2,1-2H3,(H,21,25). The number of amides is 1. The van der Waals surface area contributed by atoms with Gasteiger partial charge in [0.25, 0.3) is 11.7 Å². The van der Waals surface area contributed by atoms with E-state index >= 15 is 0 Å². The summed E-state index contributed by atoms with van der Waals surface area (Å²) in [5.74, 6) is 0.643. The van der Waals surface area contributed by atoms with Gasteiger partial charge in [-0.15, -0.1) is 5.10 Å². The van der Waals surface area contributed by atoms with Gasteiger partial charge in [0.2, 0.25) is 5.82 Å². The van der Waals surface area contributed by atoms with Gasteiger partial charge in [0.15, 0.2) is 0 Å². The van der Waals surface area contributed by atoms with Crippen molar-refractivity contribution in [2.45, 2.75) is 32.8 Å². The van der Waals surface area contributed by atoms with Crippen LogP contribution in [0.25, 0.3) is 5.78 Å². The number of anilines is 1. The summed E-state index contributed by atoms with van der Waals surface area (Å²) in [4.78, 5) is 21.0. The molecule has 0 saturated carbocycles. The minimum absolute atomic E-state index is 0.0578. The van der Waals surface area contributed by atoms with Gasteiger partial charge in [-0.2, -0.15) is 4.98 Å².